The van der Waals surface area contributed by atoms with Crippen LogP contribution in [0, 0.1) is 12.3 Å². The van der Waals surface area contributed by atoms with Gasteiger partial charge in [0.1, 0.15) is 0 Å². The van der Waals surface area contributed by atoms with E-state index in [2.05, 4.69) is 43.1 Å². The summed E-state index contributed by atoms with van der Waals surface area (Å²) in [4.78, 5) is 13.5. The molecule has 2 aromatic heterocycles. The van der Waals surface area contributed by atoms with Crippen molar-refractivity contribution in [1.29, 1.82) is 5.41 Å². The molecule has 0 bridgehead atoms. The molecule has 0 aliphatic carbocycles. The Morgan fingerprint density at radius 3 is 2.46 bits per heavy atom. The Balaban J connectivity index is 0.000000815. The highest BCUT2D eigenvalue weighted by Crippen LogP contribution is 2.38. The number of nitrogen functional groups attached to an aromatic ring is 1. The summed E-state index contributed by atoms with van der Waals surface area (Å²) in [5, 5.41) is 7.87. The van der Waals surface area contributed by atoms with E-state index in [0.29, 0.717) is 30.3 Å². The van der Waals surface area contributed by atoms with Crippen molar-refractivity contribution < 1.29 is 8.95 Å². The number of hydrogen-bond donors (Lipinski definition) is 2. The number of nitrogens with zero attached hydrogens (tertiary/aromatic N) is 3. The second kappa shape index (κ2) is 16.9. The third kappa shape index (κ3) is 9.08. The zero-order valence-electron chi connectivity index (χ0n) is 24.1. The topological polar surface area (TPSA) is 105 Å². The lowest BCUT2D eigenvalue weighted by atomic mass is 10.1. The van der Waals surface area contributed by atoms with Gasteiger partial charge in [0.2, 0.25) is 0 Å². The first-order valence-corrected chi connectivity index (χ1v) is 16.2. The van der Waals surface area contributed by atoms with Crippen molar-refractivity contribution in [3.63, 3.8) is 0 Å². The number of hydrogen-bond acceptors (Lipinski definition) is 8. The summed E-state index contributed by atoms with van der Waals surface area (Å²) in [7, 11) is -0.611. The molecule has 7 nitrogen and oxygen atoms in total. The van der Waals surface area contributed by atoms with E-state index in [1.54, 1.807) is 29.9 Å². The second-order valence-corrected chi connectivity index (χ2v) is 11.4. The molecule has 9 heteroatoms. The van der Waals surface area contributed by atoms with Gasteiger partial charge in [0.15, 0.2) is 11.6 Å². The summed E-state index contributed by atoms with van der Waals surface area (Å²) >= 11 is 1.75. The van der Waals surface area contributed by atoms with Gasteiger partial charge in [0.25, 0.3) is 0 Å². The van der Waals surface area contributed by atoms with Gasteiger partial charge in [-0.15, -0.1) is 11.3 Å². The molecule has 4 rings (SSSR count). The van der Waals surface area contributed by atoms with E-state index in [4.69, 9.17) is 25.8 Å². The fourth-order valence-corrected chi connectivity index (χ4v) is 5.20. The number of allylic oxidation sites excluding steroid dienone is 3. The number of thiophene rings is 1. The molecule has 39 heavy (non-hydrogen) atoms. The minimum Gasteiger partial charge on any atom is -0.398 e. The van der Waals surface area contributed by atoms with Gasteiger partial charge in [-0.1, -0.05) is 44.2 Å². The molecular weight excluding hydrogens is 526 g/mol. The Morgan fingerprint density at radius 2 is 1.82 bits per heavy atom. The van der Waals surface area contributed by atoms with Gasteiger partial charge in [-0.05, 0) is 50.8 Å². The summed E-state index contributed by atoms with van der Waals surface area (Å²) in [6.07, 6.45) is 16.7. The Kier molecular flexibility index (Phi) is 14.0. The van der Waals surface area contributed by atoms with E-state index in [-0.39, 0.29) is 0 Å². The van der Waals surface area contributed by atoms with Crippen LogP contribution in [0.1, 0.15) is 56.0 Å². The number of nitrogens with one attached hydrogen (secondary N) is 1. The molecule has 3 aromatic rings. The maximum absolute atomic E-state index is 9.56. The smallest absolute Gasteiger partial charge is 0.162 e. The number of fused-ring (bicyclic) bond motifs is 1. The van der Waals surface area contributed by atoms with Crippen LogP contribution in [-0.2, 0) is 15.5 Å². The fourth-order valence-electron chi connectivity index (χ4n) is 4.01. The molecule has 3 N–H and O–H groups in total. The minimum atomic E-state index is -0.611. The van der Waals surface area contributed by atoms with Crippen LogP contribution in [0.4, 0.5) is 11.5 Å². The summed E-state index contributed by atoms with van der Waals surface area (Å²) in [6.45, 7) is 11.2. The first-order chi connectivity index (χ1) is 18.9. The van der Waals surface area contributed by atoms with Gasteiger partial charge in [0.05, 0.1) is 23.4 Å². The van der Waals surface area contributed by atoms with Crippen molar-refractivity contribution in [2.75, 3.05) is 49.4 Å². The molecule has 212 valence electrons. The zero-order valence-corrected chi connectivity index (χ0v) is 25.8. The van der Waals surface area contributed by atoms with Gasteiger partial charge in [0, 0.05) is 64.3 Å². The highest BCUT2D eigenvalue weighted by molar-refractivity contribution is 7.83. The molecule has 0 atom stereocenters. The van der Waals surface area contributed by atoms with Crippen LogP contribution in [0.3, 0.4) is 0 Å². The minimum absolute atomic E-state index is 0.558. The second-order valence-electron chi connectivity index (χ2n) is 8.84. The van der Waals surface area contributed by atoms with Crippen molar-refractivity contribution in [3.05, 3.63) is 52.4 Å². The summed E-state index contributed by atoms with van der Waals surface area (Å²) in [5.74, 6) is 1.55. The van der Waals surface area contributed by atoms with Gasteiger partial charge < -0.3 is 20.8 Å². The van der Waals surface area contributed by atoms with E-state index in [1.807, 2.05) is 26.0 Å². The quantitative estimate of drug-likeness (QED) is 0.133. The lowest BCUT2D eigenvalue weighted by molar-refractivity contribution is 0.122. The van der Waals surface area contributed by atoms with Crippen LogP contribution in [0.25, 0.3) is 27.7 Å². The van der Waals surface area contributed by atoms with E-state index in [1.165, 1.54) is 11.1 Å². The van der Waals surface area contributed by atoms with Gasteiger partial charge >= 0.3 is 0 Å². The van der Waals surface area contributed by atoms with Crippen LogP contribution in [0.2, 0.25) is 0 Å². The molecule has 0 saturated carbocycles. The number of aryl methyl sites for hydroxylation is 1. The van der Waals surface area contributed by atoms with Crippen LogP contribution in [-0.4, -0.2) is 59.2 Å². The molecule has 3 heterocycles. The van der Waals surface area contributed by atoms with Crippen LogP contribution >= 0.6 is 11.3 Å². The molecule has 0 amide bonds. The molecule has 1 fully saturated rings. The molecule has 1 aliphatic heterocycles. The standard InChI is InChI=1S/C26H31N5OS.C2H6OS.C2H6/c1-3-4-5-6-7-8-12-22-18(2)23-24(33-22)26(31-13-15-32-16-14-31)30-25(29-23)19-10-9-11-21(28)20(19)17-27;1-4(2)3;1-2/h3-4,8-12,17,27H,5-7,13-16,28H2,1-2H3;1-2H3;1-2H3/b4-3-,12-8+,27-17?;;. The average Bonchev–Trinajstić information content (AvgIpc) is 3.26. The summed E-state index contributed by atoms with van der Waals surface area (Å²) in [5.41, 5.74) is 10.3. The molecule has 0 unspecified atom stereocenters. The first kappa shape index (κ1) is 32.3. The lowest BCUT2D eigenvalue weighted by Crippen LogP contribution is -2.36. The highest BCUT2D eigenvalue weighted by Gasteiger charge is 2.22. The van der Waals surface area contributed by atoms with Crippen molar-refractivity contribution in [3.8, 4) is 11.4 Å². The predicted octanol–water partition coefficient (Wildman–Crippen LogP) is 6.86. The third-order valence-electron chi connectivity index (χ3n) is 5.87. The van der Waals surface area contributed by atoms with Gasteiger partial charge in [-0.3, -0.25) is 4.21 Å². The number of benzene rings is 1. The maximum atomic E-state index is 9.56. The number of nitrogens with two attached hydrogens (primary N) is 1. The normalized spacial score (nSPS) is 13.5. The number of morpholine rings is 1. The van der Waals surface area contributed by atoms with Crippen molar-refractivity contribution in [2.45, 2.75) is 47.0 Å². The molecule has 1 aromatic carbocycles. The number of ether oxygens (including phenoxy) is 1. The SMILES string of the molecule is C/C=C\CCC/C=C/c1sc2c(N3CCOCC3)nc(-c3cccc(N)c3C=N)nc2c1C.CC.CS(C)=O. The highest BCUT2D eigenvalue weighted by atomic mass is 32.2. The van der Waals surface area contributed by atoms with Crippen LogP contribution in [0.5, 0.6) is 0 Å². The number of unbranched alkanes of at least 4 members (excludes halogenated alkanes) is 2. The fraction of sp³-hybridized carbons (Fsp3) is 0.433. The Bertz CT molecular complexity index is 1290. The van der Waals surface area contributed by atoms with E-state index in [9.17, 15) is 4.21 Å². The number of anilines is 2. The van der Waals surface area contributed by atoms with Crippen molar-refractivity contribution >= 4 is 56.1 Å². The van der Waals surface area contributed by atoms with Crippen LogP contribution < -0.4 is 10.6 Å². The molecule has 0 radical (unpaired) electrons. The van der Waals surface area contributed by atoms with Gasteiger partial charge in [-0.2, -0.15) is 0 Å². The van der Waals surface area contributed by atoms with Crippen molar-refractivity contribution in [2.24, 2.45) is 0 Å². The predicted molar refractivity (Wildman–Crippen MR) is 172 cm³/mol. The number of rotatable bonds is 8. The monoisotopic (exact) mass is 569 g/mol. The molecule has 1 saturated heterocycles. The van der Waals surface area contributed by atoms with Crippen LogP contribution in [0.15, 0.2) is 36.4 Å². The number of aromatic nitrogens is 2. The zero-order chi connectivity index (χ0) is 28.8. The maximum Gasteiger partial charge on any atom is 0.162 e. The Labute approximate surface area is 240 Å². The largest absolute Gasteiger partial charge is 0.398 e. The Hall–Kier alpha value is -2.88. The Morgan fingerprint density at radius 1 is 1.15 bits per heavy atom. The summed E-state index contributed by atoms with van der Waals surface area (Å²) < 4.78 is 16.2. The van der Waals surface area contributed by atoms with Gasteiger partial charge in [-0.25, -0.2) is 9.97 Å². The first-order valence-electron chi connectivity index (χ1n) is 13.4. The third-order valence-corrected chi connectivity index (χ3v) is 7.11. The van der Waals surface area contributed by atoms with E-state index < -0.39 is 10.8 Å². The average molecular weight is 570 g/mol. The summed E-state index contributed by atoms with van der Waals surface area (Å²) in [6, 6.07) is 5.64. The lowest BCUT2D eigenvalue weighted by Gasteiger charge is -2.28. The van der Waals surface area contributed by atoms with E-state index in [0.717, 1.165) is 59.5 Å². The molecular formula is C30H43N5O2S2. The molecule has 1 aliphatic rings. The van der Waals surface area contributed by atoms with E-state index >= 15 is 0 Å². The molecule has 0 spiro atoms. The van der Waals surface area contributed by atoms with Crippen molar-refractivity contribution in [1.82, 2.24) is 9.97 Å².